The summed E-state index contributed by atoms with van der Waals surface area (Å²) in [7, 11) is 4.29. The third-order valence-electron chi connectivity index (χ3n) is 5.07. The molecule has 4 rings (SSSR count). The third kappa shape index (κ3) is 3.16. The Balaban J connectivity index is 1.33. The summed E-state index contributed by atoms with van der Waals surface area (Å²) in [6.45, 7) is 3.86. The van der Waals surface area contributed by atoms with Crippen molar-refractivity contribution in [2.45, 2.75) is 44.3 Å². The fourth-order valence-corrected chi connectivity index (χ4v) is 3.42. The molecule has 0 spiro atoms. The Morgan fingerprint density at radius 2 is 2.17 bits per heavy atom. The lowest BCUT2D eigenvalue weighted by atomic mass is 10.2. The molecule has 3 heterocycles. The van der Waals surface area contributed by atoms with Gasteiger partial charge in [0.15, 0.2) is 5.76 Å². The van der Waals surface area contributed by atoms with Crippen molar-refractivity contribution < 1.29 is 4.52 Å². The molecule has 124 valence electrons. The average molecular weight is 316 g/mol. The molecule has 7 nitrogen and oxygen atoms in total. The first-order valence-electron chi connectivity index (χ1n) is 8.41. The minimum Gasteiger partial charge on any atom is -0.360 e. The maximum Gasteiger partial charge on any atom is 0.150 e. The van der Waals surface area contributed by atoms with Crippen LogP contribution in [0, 0.1) is 0 Å². The third-order valence-corrected chi connectivity index (χ3v) is 5.07. The van der Waals surface area contributed by atoms with Gasteiger partial charge in [-0.25, -0.2) is 0 Å². The van der Waals surface area contributed by atoms with E-state index in [1.165, 1.54) is 19.3 Å². The molecule has 2 aliphatic rings. The Kier molecular flexibility index (Phi) is 3.90. The molecule has 2 aromatic rings. The van der Waals surface area contributed by atoms with Crippen molar-refractivity contribution in [3.63, 3.8) is 0 Å². The lowest BCUT2D eigenvalue weighted by Gasteiger charge is -2.24. The number of likely N-dealkylation sites (tertiary alicyclic amines) is 1. The van der Waals surface area contributed by atoms with Crippen LogP contribution in [0.4, 0.5) is 0 Å². The number of likely N-dealkylation sites (N-methyl/N-ethyl adjacent to an activating group) is 1. The second-order valence-corrected chi connectivity index (χ2v) is 6.88. The molecule has 23 heavy (non-hydrogen) atoms. The van der Waals surface area contributed by atoms with Gasteiger partial charge in [0.1, 0.15) is 11.6 Å². The Labute approximate surface area is 136 Å². The van der Waals surface area contributed by atoms with Crippen LogP contribution in [0.5, 0.6) is 0 Å². The molecule has 1 unspecified atom stereocenters. The van der Waals surface area contributed by atoms with Crippen LogP contribution in [0.2, 0.25) is 0 Å². The minimum absolute atomic E-state index is 0.555. The molecule has 0 N–H and O–H groups in total. The van der Waals surface area contributed by atoms with Crippen molar-refractivity contribution in [2.75, 3.05) is 20.1 Å². The lowest BCUT2D eigenvalue weighted by Crippen LogP contribution is -2.34. The molecule has 2 fully saturated rings. The molecular weight excluding hydrogens is 292 g/mol. The zero-order valence-corrected chi connectivity index (χ0v) is 13.9. The maximum atomic E-state index is 5.21. The predicted octanol–water partition coefficient (Wildman–Crippen LogP) is 1.39. The zero-order chi connectivity index (χ0) is 15.8. The fraction of sp³-hybridized carbons (Fsp3) is 0.688. The number of hydrogen-bond acceptors (Lipinski definition) is 6. The first-order chi connectivity index (χ1) is 11.2. The molecule has 1 aliphatic heterocycles. The van der Waals surface area contributed by atoms with Crippen molar-refractivity contribution >= 4 is 0 Å². The molecule has 0 bridgehead atoms. The van der Waals surface area contributed by atoms with Crippen LogP contribution in [0.25, 0.3) is 0 Å². The van der Waals surface area contributed by atoms with E-state index < -0.39 is 0 Å². The molecule has 7 heteroatoms. The number of nitrogens with zero attached hydrogens (tertiary/aromatic N) is 6. The van der Waals surface area contributed by atoms with Crippen LogP contribution < -0.4 is 0 Å². The van der Waals surface area contributed by atoms with Crippen molar-refractivity contribution in [3.8, 4) is 0 Å². The predicted molar refractivity (Wildman–Crippen MR) is 84.6 cm³/mol. The van der Waals surface area contributed by atoms with Crippen LogP contribution in [-0.4, -0.2) is 55.9 Å². The van der Waals surface area contributed by atoms with Gasteiger partial charge in [0.25, 0.3) is 0 Å². The summed E-state index contributed by atoms with van der Waals surface area (Å²) in [5.41, 5.74) is 0. The molecule has 2 aromatic heterocycles. The van der Waals surface area contributed by atoms with Crippen LogP contribution in [0.3, 0.4) is 0 Å². The van der Waals surface area contributed by atoms with E-state index in [-0.39, 0.29) is 0 Å². The summed E-state index contributed by atoms with van der Waals surface area (Å²) in [6, 6.07) is 2.50. The molecule has 0 amide bonds. The molecule has 0 aromatic carbocycles. The Morgan fingerprint density at radius 1 is 1.30 bits per heavy atom. The molecular formula is C16H24N6O. The highest BCUT2D eigenvalue weighted by Crippen LogP contribution is 2.38. The van der Waals surface area contributed by atoms with Gasteiger partial charge in [-0.3, -0.25) is 9.80 Å². The number of aromatic nitrogens is 4. The van der Waals surface area contributed by atoms with Gasteiger partial charge in [0, 0.05) is 38.2 Å². The quantitative estimate of drug-likeness (QED) is 0.802. The van der Waals surface area contributed by atoms with Gasteiger partial charge in [-0.2, -0.15) is 0 Å². The molecule has 1 saturated heterocycles. The first-order valence-corrected chi connectivity index (χ1v) is 8.41. The highest BCUT2D eigenvalue weighted by atomic mass is 16.5. The Bertz CT molecular complexity index is 648. The number of rotatable bonds is 6. The van der Waals surface area contributed by atoms with E-state index in [9.17, 15) is 0 Å². The van der Waals surface area contributed by atoms with Crippen molar-refractivity contribution in [3.05, 3.63) is 29.7 Å². The van der Waals surface area contributed by atoms with E-state index in [1.54, 1.807) is 6.20 Å². The van der Waals surface area contributed by atoms with Crippen molar-refractivity contribution in [2.24, 2.45) is 7.05 Å². The standard InChI is InChI=1S/C16H24N6O/c1-20(11-15-18-19-16(21(15)2)12-3-4-12)13-6-8-22(9-13)10-14-5-7-17-23-14/h5,7,12-13H,3-4,6,8-11H2,1-2H3. The highest BCUT2D eigenvalue weighted by Gasteiger charge is 2.31. The second kappa shape index (κ2) is 6.05. The van der Waals surface area contributed by atoms with Crippen molar-refractivity contribution in [1.82, 2.24) is 29.7 Å². The van der Waals surface area contributed by atoms with Gasteiger partial charge in [0.2, 0.25) is 0 Å². The van der Waals surface area contributed by atoms with Gasteiger partial charge < -0.3 is 9.09 Å². The normalized spacial score (nSPS) is 22.3. The summed E-state index contributed by atoms with van der Waals surface area (Å²) < 4.78 is 7.40. The summed E-state index contributed by atoms with van der Waals surface area (Å²) >= 11 is 0. The summed E-state index contributed by atoms with van der Waals surface area (Å²) in [4.78, 5) is 4.83. The van der Waals surface area contributed by atoms with Crippen LogP contribution in [0.1, 0.15) is 42.6 Å². The van der Waals surface area contributed by atoms with Crippen LogP contribution in [0.15, 0.2) is 16.8 Å². The van der Waals surface area contributed by atoms with Crippen LogP contribution >= 0.6 is 0 Å². The first kappa shape index (κ1) is 14.8. The molecule has 1 aliphatic carbocycles. The summed E-state index contributed by atoms with van der Waals surface area (Å²) in [6.07, 6.45) is 5.42. The van der Waals surface area contributed by atoms with Gasteiger partial charge in [-0.15, -0.1) is 10.2 Å². The lowest BCUT2D eigenvalue weighted by molar-refractivity contribution is 0.208. The smallest absolute Gasteiger partial charge is 0.150 e. The number of hydrogen-bond donors (Lipinski definition) is 0. The van der Waals surface area contributed by atoms with Crippen LogP contribution in [-0.2, 0) is 20.1 Å². The van der Waals surface area contributed by atoms with E-state index in [4.69, 9.17) is 4.52 Å². The highest BCUT2D eigenvalue weighted by molar-refractivity contribution is 5.08. The van der Waals surface area contributed by atoms with E-state index in [0.29, 0.717) is 12.0 Å². The average Bonchev–Trinajstić information content (AvgIpc) is 2.94. The van der Waals surface area contributed by atoms with E-state index in [2.05, 4.69) is 43.8 Å². The second-order valence-electron chi connectivity index (χ2n) is 6.88. The van der Waals surface area contributed by atoms with Crippen molar-refractivity contribution in [1.29, 1.82) is 0 Å². The van der Waals surface area contributed by atoms with Gasteiger partial charge in [0.05, 0.1) is 19.3 Å². The Hall–Kier alpha value is -1.73. The molecule has 0 radical (unpaired) electrons. The van der Waals surface area contributed by atoms with E-state index in [0.717, 1.165) is 43.6 Å². The van der Waals surface area contributed by atoms with E-state index >= 15 is 0 Å². The maximum absolute atomic E-state index is 5.21. The topological polar surface area (TPSA) is 63.2 Å². The Morgan fingerprint density at radius 3 is 2.91 bits per heavy atom. The SMILES string of the molecule is CN(Cc1nnc(C2CC2)n1C)C1CCN(Cc2ccno2)C1. The monoisotopic (exact) mass is 316 g/mol. The largest absolute Gasteiger partial charge is 0.360 e. The van der Waals surface area contributed by atoms with Gasteiger partial charge >= 0.3 is 0 Å². The minimum atomic E-state index is 0.555. The van der Waals surface area contributed by atoms with E-state index in [1.807, 2.05) is 6.07 Å². The van der Waals surface area contributed by atoms with Gasteiger partial charge in [-0.1, -0.05) is 5.16 Å². The summed E-state index contributed by atoms with van der Waals surface area (Å²) in [5.74, 6) is 3.82. The molecule has 1 atom stereocenters. The summed E-state index contributed by atoms with van der Waals surface area (Å²) in [5, 5.41) is 12.6. The van der Waals surface area contributed by atoms with Gasteiger partial charge in [-0.05, 0) is 26.3 Å². The fourth-order valence-electron chi connectivity index (χ4n) is 3.42. The zero-order valence-electron chi connectivity index (χ0n) is 13.9. The molecule has 1 saturated carbocycles.